The molecule has 2 N–H and O–H groups in total. The minimum atomic E-state index is -0.342. The first-order chi connectivity index (χ1) is 11.2. The van der Waals surface area contributed by atoms with E-state index in [2.05, 4.69) is 20.9 Å². The van der Waals surface area contributed by atoms with Crippen molar-refractivity contribution in [1.82, 2.24) is 15.0 Å². The van der Waals surface area contributed by atoms with Gasteiger partial charge in [-0.3, -0.25) is 5.32 Å². The predicted octanol–water partition coefficient (Wildman–Crippen LogP) is 3.28. The van der Waals surface area contributed by atoms with E-state index in [0.29, 0.717) is 12.4 Å². The molecule has 6 nitrogen and oxygen atoms in total. The molecule has 2 aromatic carbocycles. The summed E-state index contributed by atoms with van der Waals surface area (Å²) in [6.07, 6.45) is 1.70. The van der Waals surface area contributed by atoms with Gasteiger partial charge in [-0.2, -0.15) is 0 Å². The molecule has 0 saturated heterocycles. The van der Waals surface area contributed by atoms with Crippen molar-refractivity contribution in [2.75, 3.05) is 10.6 Å². The SMILES string of the molecule is Cc1ccccc1NC(=O)Nc1cn(Cc2ccccc2)nn1. The molecule has 1 heterocycles. The summed E-state index contributed by atoms with van der Waals surface area (Å²) in [5, 5.41) is 13.4. The highest BCUT2D eigenvalue weighted by Crippen LogP contribution is 2.13. The van der Waals surface area contributed by atoms with Crippen molar-refractivity contribution in [2.45, 2.75) is 13.5 Å². The number of para-hydroxylation sites is 1. The maximum absolute atomic E-state index is 12.0. The summed E-state index contributed by atoms with van der Waals surface area (Å²) in [5.74, 6) is 0.409. The van der Waals surface area contributed by atoms with Crippen LogP contribution >= 0.6 is 0 Å². The number of amides is 2. The van der Waals surface area contributed by atoms with Crippen molar-refractivity contribution in [3.63, 3.8) is 0 Å². The van der Waals surface area contributed by atoms with Crippen molar-refractivity contribution in [3.8, 4) is 0 Å². The second-order valence-electron chi connectivity index (χ2n) is 5.18. The quantitative estimate of drug-likeness (QED) is 0.777. The third-order valence-electron chi connectivity index (χ3n) is 3.36. The Labute approximate surface area is 134 Å². The maximum Gasteiger partial charge on any atom is 0.324 e. The van der Waals surface area contributed by atoms with Crippen LogP contribution in [0, 0.1) is 6.92 Å². The molecule has 6 heteroatoms. The number of anilines is 2. The Morgan fingerprint density at radius 3 is 2.57 bits per heavy atom. The van der Waals surface area contributed by atoms with Crippen LogP contribution in [0.5, 0.6) is 0 Å². The van der Waals surface area contributed by atoms with Gasteiger partial charge < -0.3 is 5.32 Å². The third kappa shape index (κ3) is 3.94. The van der Waals surface area contributed by atoms with E-state index >= 15 is 0 Å². The molecular formula is C17H17N5O. The third-order valence-corrected chi connectivity index (χ3v) is 3.36. The first kappa shape index (κ1) is 14.8. The van der Waals surface area contributed by atoms with Crippen LogP contribution in [0.15, 0.2) is 60.8 Å². The van der Waals surface area contributed by atoms with Gasteiger partial charge in [-0.25, -0.2) is 9.48 Å². The topological polar surface area (TPSA) is 71.8 Å². The number of benzene rings is 2. The van der Waals surface area contributed by atoms with Crippen molar-refractivity contribution in [3.05, 3.63) is 71.9 Å². The van der Waals surface area contributed by atoms with Crippen LogP contribution in [-0.4, -0.2) is 21.0 Å². The second-order valence-corrected chi connectivity index (χ2v) is 5.18. The fourth-order valence-electron chi connectivity index (χ4n) is 2.19. The lowest BCUT2D eigenvalue weighted by molar-refractivity contribution is 0.262. The lowest BCUT2D eigenvalue weighted by atomic mass is 10.2. The highest BCUT2D eigenvalue weighted by atomic mass is 16.2. The number of aryl methyl sites for hydroxylation is 1. The van der Waals surface area contributed by atoms with Gasteiger partial charge in [-0.15, -0.1) is 5.10 Å². The number of nitrogens with one attached hydrogen (secondary N) is 2. The summed E-state index contributed by atoms with van der Waals surface area (Å²) in [5.41, 5.74) is 2.88. The van der Waals surface area contributed by atoms with Crippen LogP contribution < -0.4 is 10.6 Å². The first-order valence-electron chi connectivity index (χ1n) is 7.28. The minimum Gasteiger partial charge on any atom is -0.307 e. The number of carbonyl (C=O) groups excluding carboxylic acids is 1. The first-order valence-corrected chi connectivity index (χ1v) is 7.28. The monoisotopic (exact) mass is 307 g/mol. The van der Waals surface area contributed by atoms with Gasteiger partial charge in [-0.05, 0) is 24.1 Å². The second kappa shape index (κ2) is 6.74. The van der Waals surface area contributed by atoms with Gasteiger partial charge in [0.2, 0.25) is 0 Å². The largest absolute Gasteiger partial charge is 0.324 e. The van der Waals surface area contributed by atoms with Crippen LogP contribution in [-0.2, 0) is 6.54 Å². The van der Waals surface area contributed by atoms with Crippen LogP contribution in [0.3, 0.4) is 0 Å². The van der Waals surface area contributed by atoms with Gasteiger partial charge >= 0.3 is 6.03 Å². The molecule has 2 amide bonds. The Bertz CT molecular complexity index is 798. The Balaban J connectivity index is 1.60. The van der Waals surface area contributed by atoms with Gasteiger partial charge in [0.1, 0.15) is 0 Å². The zero-order valence-electron chi connectivity index (χ0n) is 12.7. The van der Waals surface area contributed by atoms with Crippen molar-refractivity contribution in [2.24, 2.45) is 0 Å². The number of nitrogens with zero attached hydrogens (tertiary/aromatic N) is 3. The van der Waals surface area contributed by atoms with Gasteiger partial charge in [0.15, 0.2) is 5.82 Å². The van der Waals surface area contributed by atoms with Crippen molar-refractivity contribution < 1.29 is 4.79 Å². The minimum absolute atomic E-state index is 0.342. The molecule has 3 rings (SSSR count). The zero-order valence-corrected chi connectivity index (χ0v) is 12.7. The Hall–Kier alpha value is -3.15. The number of hydrogen-bond donors (Lipinski definition) is 2. The van der Waals surface area contributed by atoms with E-state index in [1.54, 1.807) is 10.9 Å². The van der Waals surface area contributed by atoms with Crippen LogP contribution in [0.2, 0.25) is 0 Å². The smallest absolute Gasteiger partial charge is 0.307 e. The van der Waals surface area contributed by atoms with E-state index < -0.39 is 0 Å². The fourth-order valence-corrected chi connectivity index (χ4v) is 2.19. The zero-order chi connectivity index (χ0) is 16.1. The molecule has 0 spiro atoms. The molecule has 0 bridgehead atoms. The molecule has 0 atom stereocenters. The Morgan fingerprint density at radius 1 is 1.04 bits per heavy atom. The molecule has 0 unspecified atom stereocenters. The normalized spacial score (nSPS) is 10.3. The van der Waals surface area contributed by atoms with E-state index in [4.69, 9.17) is 0 Å². The van der Waals surface area contributed by atoms with Gasteiger partial charge in [0.05, 0.1) is 12.7 Å². The summed E-state index contributed by atoms with van der Waals surface area (Å²) >= 11 is 0. The molecular weight excluding hydrogens is 290 g/mol. The van der Waals surface area contributed by atoms with Gasteiger partial charge in [0, 0.05) is 5.69 Å². The number of urea groups is 1. The summed E-state index contributed by atoms with van der Waals surface area (Å²) in [4.78, 5) is 12.0. The standard InChI is InChI=1S/C17H17N5O/c1-13-7-5-6-10-15(13)18-17(23)19-16-12-22(21-20-16)11-14-8-3-2-4-9-14/h2-10,12H,11H2,1H3,(H2,18,19,23). The molecule has 0 aliphatic rings. The molecule has 0 radical (unpaired) electrons. The number of carbonyl (C=O) groups is 1. The molecule has 0 aliphatic carbocycles. The van der Waals surface area contributed by atoms with Crippen LogP contribution in [0.4, 0.5) is 16.3 Å². The van der Waals surface area contributed by atoms with Crippen molar-refractivity contribution >= 4 is 17.5 Å². The molecule has 3 aromatic rings. The maximum atomic E-state index is 12.0. The van der Waals surface area contributed by atoms with Crippen LogP contribution in [0.1, 0.15) is 11.1 Å². The summed E-state index contributed by atoms with van der Waals surface area (Å²) in [6.45, 7) is 2.54. The van der Waals surface area contributed by atoms with E-state index in [9.17, 15) is 4.79 Å². The predicted molar refractivity (Wildman–Crippen MR) is 89.4 cm³/mol. The molecule has 1 aromatic heterocycles. The number of aromatic nitrogens is 3. The summed E-state index contributed by atoms with van der Waals surface area (Å²) < 4.78 is 1.68. The molecule has 23 heavy (non-hydrogen) atoms. The molecule has 0 aliphatic heterocycles. The molecule has 116 valence electrons. The van der Waals surface area contributed by atoms with Gasteiger partial charge in [-0.1, -0.05) is 53.7 Å². The van der Waals surface area contributed by atoms with E-state index in [-0.39, 0.29) is 6.03 Å². The average molecular weight is 307 g/mol. The van der Waals surface area contributed by atoms with Crippen LogP contribution in [0.25, 0.3) is 0 Å². The lowest BCUT2D eigenvalue weighted by Crippen LogP contribution is -2.20. The van der Waals surface area contributed by atoms with Crippen molar-refractivity contribution in [1.29, 1.82) is 0 Å². The summed E-state index contributed by atoms with van der Waals surface area (Å²) in [6, 6.07) is 17.2. The number of hydrogen-bond acceptors (Lipinski definition) is 3. The van der Waals surface area contributed by atoms with E-state index in [1.807, 2.05) is 61.5 Å². The van der Waals surface area contributed by atoms with Gasteiger partial charge in [0.25, 0.3) is 0 Å². The molecule has 0 fully saturated rings. The Kier molecular flexibility index (Phi) is 4.33. The van der Waals surface area contributed by atoms with E-state index in [0.717, 1.165) is 16.8 Å². The van der Waals surface area contributed by atoms with E-state index in [1.165, 1.54) is 0 Å². The average Bonchev–Trinajstić information content (AvgIpc) is 2.97. The fraction of sp³-hybridized carbons (Fsp3) is 0.118. The highest BCUT2D eigenvalue weighted by molar-refractivity contribution is 5.99. The summed E-state index contributed by atoms with van der Waals surface area (Å²) in [7, 11) is 0. The highest BCUT2D eigenvalue weighted by Gasteiger charge is 2.07. The Morgan fingerprint density at radius 2 is 1.78 bits per heavy atom. The lowest BCUT2D eigenvalue weighted by Gasteiger charge is -2.07. The molecule has 0 saturated carbocycles. The number of rotatable bonds is 4.